The summed E-state index contributed by atoms with van der Waals surface area (Å²) >= 11 is 0. The van der Waals surface area contributed by atoms with E-state index in [0.29, 0.717) is 12.4 Å². The predicted molar refractivity (Wildman–Crippen MR) is 43.6 cm³/mol. The Morgan fingerprint density at radius 2 is 2.45 bits per heavy atom. The minimum absolute atomic E-state index is 0.342. The van der Waals surface area contributed by atoms with Crippen molar-refractivity contribution in [3.05, 3.63) is 11.8 Å². The monoisotopic (exact) mass is 150 g/mol. The van der Waals surface area contributed by atoms with Crippen LogP contribution < -0.4 is 11.5 Å². The van der Waals surface area contributed by atoms with Crippen molar-refractivity contribution in [3.8, 4) is 11.8 Å². The van der Waals surface area contributed by atoms with E-state index >= 15 is 0 Å². The van der Waals surface area contributed by atoms with Crippen LogP contribution in [0, 0.1) is 11.8 Å². The van der Waals surface area contributed by atoms with Gasteiger partial charge in [0.15, 0.2) is 0 Å². The van der Waals surface area contributed by atoms with Crippen LogP contribution in [0.25, 0.3) is 0 Å². The quantitative estimate of drug-likeness (QED) is 0.481. The lowest BCUT2D eigenvalue weighted by Crippen LogP contribution is -1.98. The Morgan fingerprint density at radius 3 is 2.91 bits per heavy atom. The van der Waals surface area contributed by atoms with E-state index in [1.165, 1.54) is 0 Å². The van der Waals surface area contributed by atoms with Crippen LogP contribution in [-0.4, -0.2) is 16.3 Å². The van der Waals surface area contributed by atoms with Crippen LogP contribution in [0.4, 0.5) is 5.82 Å². The van der Waals surface area contributed by atoms with E-state index in [2.05, 4.69) is 16.9 Å². The number of hydrogen-bond acceptors (Lipinski definition) is 3. The molecule has 0 saturated heterocycles. The van der Waals surface area contributed by atoms with Gasteiger partial charge in [0.1, 0.15) is 5.82 Å². The molecule has 4 N–H and O–H groups in total. The Labute approximate surface area is 65.2 Å². The molecule has 0 aliphatic rings. The zero-order chi connectivity index (χ0) is 8.27. The van der Waals surface area contributed by atoms with Crippen LogP contribution in [0.2, 0.25) is 0 Å². The highest BCUT2D eigenvalue weighted by Crippen LogP contribution is 2.05. The fourth-order valence-corrected chi connectivity index (χ4v) is 0.690. The van der Waals surface area contributed by atoms with Crippen LogP contribution in [0.5, 0.6) is 0 Å². The number of hydrogen-bond donors (Lipinski definition) is 2. The van der Waals surface area contributed by atoms with Gasteiger partial charge in [0.05, 0.1) is 18.3 Å². The number of anilines is 1. The molecule has 4 heteroatoms. The summed E-state index contributed by atoms with van der Waals surface area (Å²) in [5.74, 6) is 6.09. The third kappa shape index (κ3) is 1.51. The molecule has 58 valence electrons. The van der Waals surface area contributed by atoms with Gasteiger partial charge < -0.3 is 11.5 Å². The molecule has 0 radical (unpaired) electrons. The number of nitrogens with two attached hydrogens (primary N) is 2. The van der Waals surface area contributed by atoms with Gasteiger partial charge in [0, 0.05) is 7.05 Å². The summed E-state index contributed by atoms with van der Waals surface area (Å²) in [7, 11) is 1.77. The van der Waals surface area contributed by atoms with Crippen LogP contribution in [0.3, 0.4) is 0 Å². The van der Waals surface area contributed by atoms with Crippen molar-refractivity contribution in [2.75, 3.05) is 12.3 Å². The Hall–Kier alpha value is -1.47. The SMILES string of the molecule is Cn1ncc(C#CCN)c1N. The molecule has 1 aromatic rings. The van der Waals surface area contributed by atoms with Crippen LogP contribution >= 0.6 is 0 Å². The van der Waals surface area contributed by atoms with Crippen LogP contribution in [-0.2, 0) is 7.05 Å². The first-order valence-electron chi connectivity index (χ1n) is 3.22. The lowest BCUT2D eigenvalue weighted by Gasteiger charge is -1.91. The molecular formula is C7H10N4. The van der Waals surface area contributed by atoms with Crippen molar-refractivity contribution in [1.82, 2.24) is 9.78 Å². The maximum absolute atomic E-state index is 5.60. The number of rotatable bonds is 0. The lowest BCUT2D eigenvalue weighted by molar-refractivity contribution is 0.779. The second-order valence-electron chi connectivity index (χ2n) is 2.07. The molecule has 1 rings (SSSR count). The second-order valence-corrected chi connectivity index (χ2v) is 2.07. The summed E-state index contributed by atoms with van der Waals surface area (Å²) in [5, 5.41) is 3.92. The van der Waals surface area contributed by atoms with Gasteiger partial charge in [0.2, 0.25) is 0 Å². The van der Waals surface area contributed by atoms with Gasteiger partial charge in [-0.3, -0.25) is 4.68 Å². The number of nitrogen functional groups attached to an aromatic ring is 1. The minimum atomic E-state index is 0.342. The first-order valence-corrected chi connectivity index (χ1v) is 3.22. The highest BCUT2D eigenvalue weighted by Gasteiger charge is 1.98. The molecule has 1 aromatic heterocycles. The van der Waals surface area contributed by atoms with Crippen LogP contribution in [0.15, 0.2) is 6.20 Å². The molecule has 0 amide bonds. The molecule has 0 atom stereocenters. The molecular weight excluding hydrogens is 140 g/mol. The largest absolute Gasteiger partial charge is 0.383 e. The molecule has 4 nitrogen and oxygen atoms in total. The highest BCUT2D eigenvalue weighted by atomic mass is 15.3. The van der Waals surface area contributed by atoms with Crippen LogP contribution in [0.1, 0.15) is 5.56 Å². The van der Waals surface area contributed by atoms with E-state index in [-0.39, 0.29) is 0 Å². The van der Waals surface area contributed by atoms with E-state index < -0.39 is 0 Å². The van der Waals surface area contributed by atoms with E-state index in [1.54, 1.807) is 17.9 Å². The Bertz CT molecular complexity index is 302. The van der Waals surface area contributed by atoms with Crippen molar-refractivity contribution >= 4 is 5.82 Å². The number of aryl methyl sites for hydroxylation is 1. The first kappa shape index (κ1) is 7.63. The number of nitrogens with zero attached hydrogens (tertiary/aromatic N) is 2. The summed E-state index contributed by atoms with van der Waals surface area (Å²) in [5.41, 5.74) is 11.5. The van der Waals surface area contributed by atoms with Gasteiger partial charge in [-0.05, 0) is 0 Å². The topological polar surface area (TPSA) is 69.9 Å². The van der Waals surface area contributed by atoms with Gasteiger partial charge >= 0.3 is 0 Å². The van der Waals surface area contributed by atoms with Crippen molar-refractivity contribution < 1.29 is 0 Å². The maximum Gasteiger partial charge on any atom is 0.137 e. The molecule has 0 saturated carbocycles. The first-order chi connectivity index (χ1) is 5.25. The third-order valence-electron chi connectivity index (χ3n) is 1.31. The summed E-state index contributed by atoms with van der Waals surface area (Å²) < 4.78 is 1.57. The molecule has 0 unspecified atom stereocenters. The molecule has 0 spiro atoms. The summed E-state index contributed by atoms with van der Waals surface area (Å²) in [6.07, 6.45) is 1.62. The maximum atomic E-state index is 5.60. The van der Waals surface area contributed by atoms with Crippen molar-refractivity contribution in [1.29, 1.82) is 0 Å². The lowest BCUT2D eigenvalue weighted by atomic mass is 10.3. The van der Waals surface area contributed by atoms with Gasteiger partial charge in [-0.2, -0.15) is 5.10 Å². The van der Waals surface area contributed by atoms with E-state index in [1.807, 2.05) is 0 Å². The Morgan fingerprint density at radius 1 is 1.73 bits per heavy atom. The molecule has 11 heavy (non-hydrogen) atoms. The fraction of sp³-hybridized carbons (Fsp3) is 0.286. The summed E-state index contributed by atoms with van der Waals surface area (Å²) in [6.45, 7) is 0.342. The molecule has 0 aliphatic heterocycles. The zero-order valence-corrected chi connectivity index (χ0v) is 6.33. The normalized spacial score (nSPS) is 8.91. The molecule has 1 heterocycles. The molecule has 0 bridgehead atoms. The van der Waals surface area contributed by atoms with Gasteiger partial charge in [-0.25, -0.2) is 0 Å². The average Bonchev–Trinajstić information content (AvgIpc) is 2.31. The van der Waals surface area contributed by atoms with E-state index in [0.717, 1.165) is 5.56 Å². The molecule has 0 fully saturated rings. The Kier molecular flexibility index (Phi) is 2.14. The minimum Gasteiger partial charge on any atom is -0.383 e. The predicted octanol–water partition coefficient (Wildman–Crippen LogP) is -0.688. The van der Waals surface area contributed by atoms with Crippen molar-refractivity contribution in [3.63, 3.8) is 0 Å². The second kappa shape index (κ2) is 3.08. The third-order valence-corrected chi connectivity index (χ3v) is 1.31. The van der Waals surface area contributed by atoms with E-state index in [4.69, 9.17) is 11.5 Å². The molecule has 0 aromatic carbocycles. The zero-order valence-electron chi connectivity index (χ0n) is 6.33. The Balaban J connectivity index is 2.96. The number of aromatic nitrogens is 2. The van der Waals surface area contributed by atoms with Gasteiger partial charge in [-0.15, -0.1) is 0 Å². The standard InChI is InChI=1S/C7H10N4/c1-11-7(9)6(5-10-11)3-2-4-8/h5H,4,8-9H2,1H3. The van der Waals surface area contributed by atoms with Crippen molar-refractivity contribution in [2.24, 2.45) is 12.8 Å². The van der Waals surface area contributed by atoms with Gasteiger partial charge in [0.25, 0.3) is 0 Å². The fourth-order valence-electron chi connectivity index (χ4n) is 0.690. The molecule has 0 aliphatic carbocycles. The van der Waals surface area contributed by atoms with E-state index in [9.17, 15) is 0 Å². The average molecular weight is 150 g/mol. The smallest absolute Gasteiger partial charge is 0.137 e. The van der Waals surface area contributed by atoms with Gasteiger partial charge in [-0.1, -0.05) is 11.8 Å². The summed E-state index contributed by atoms with van der Waals surface area (Å²) in [4.78, 5) is 0. The van der Waals surface area contributed by atoms with Crippen molar-refractivity contribution in [2.45, 2.75) is 0 Å². The summed E-state index contributed by atoms with van der Waals surface area (Å²) in [6, 6.07) is 0. The highest BCUT2D eigenvalue weighted by molar-refractivity contribution is 5.50.